The number of Topliss-reactive ketones (excluding diaryl/α,β-unsaturated/α-hetero) is 2. The summed E-state index contributed by atoms with van der Waals surface area (Å²) in [4.78, 5) is 46.3. The Morgan fingerprint density at radius 1 is 1.15 bits per heavy atom. The predicted molar refractivity (Wildman–Crippen MR) is 93.4 cm³/mol. The molecule has 8 nitrogen and oxygen atoms in total. The second-order valence-corrected chi connectivity index (χ2v) is 5.47. The van der Waals surface area contributed by atoms with Crippen molar-refractivity contribution in [2.45, 2.75) is 13.3 Å². The van der Waals surface area contributed by atoms with Crippen molar-refractivity contribution in [2.75, 3.05) is 12.4 Å². The second-order valence-electron chi connectivity index (χ2n) is 5.47. The van der Waals surface area contributed by atoms with Gasteiger partial charge in [0.25, 0.3) is 11.6 Å². The van der Waals surface area contributed by atoms with E-state index in [2.05, 4.69) is 5.32 Å². The zero-order valence-electron chi connectivity index (χ0n) is 14.1. The summed E-state index contributed by atoms with van der Waals surface area (Å²) < 4.78 is 5.01. The molecule has 8 heteroatoms. The molecule has 0 aromatic heterocycles. The Morgan fingerprint density at radius 3 is 2.50 bits per heavy atom. The fraction of sp³-hybridized carbons (Fsp3) is 0.167. The van der Waals surface area contributed by atoms with Crippen LogP contribution in [-0.4, -0.2) is 29.5 Å². The van der Waals surface area contributed by atoms with Gasteiger partial charge in [-0.25, -0.2) is 0 Å². The zero-order chi connectivity index (χ0) is 19.3. The molecule has 26 heavy (non-hydrogen) atoms. The number of anilines is 1. The van der Waals surface area contributed by atoms with Crippen molar-refractivity contribution in [1.29, 1.82) is 0 Å². The van der Waals surface area contributed by atoms with Crippen LogP contribution in [-0.2, 0) is 9.59 Å². The van der Waals surface area contributed by atoms with Crippen LogP contribution >= 0.6 is 0 Å². The molecule has 0 saturated heterocycles. The molecule has 2 aromatic carbocycles. The number of aryl methyl sites for hydroxylation is 1. The van der Waals surface area contributed by atoms with Crippen molar-refractivity contribution < 1.29 is 24.0 Å². The molecule has 0 fully saturated rings. The number of nitro benzene ring substituents is 1. The van der Waals surface area contributed by atoms with Crippen molar-refractivity contribution in [1.82, 2.24) is 0 Å². The van der Waals surface area contributed by atoms with Crippen LogP contribution in [0.25, 0.3) is 0 Å². The summed E-state index contributed by atoms with van der Waals surface area (Å²) in [5.74, 6) is -1.91. The maximum atomic E-state index is 12.1. The van der Waals surface area contributed by atoms with E-state index in [1.54, 1.807) is 19.1 Å². The summed E-state index contributed by atoms with van der Waals surface area (Å²) >= 11 is 0. The van der Waals surface area contributed by atoms with Crippen molar-refractivity contribution in [3.63, 3.8) is 0 Å². The minimum Gasteiger partial charge on any atom is -0.497 e. The number of nitrogens with one attached hydrogen (secondary N) is 1. The first-order chi connectivity index (χ1) is 12.3. The van der Waals surface area contributed by atoms with E-state index in [9.17, 15) is 24.5 Å². The number of hydrogen-bond donors (Lipinski definition) is 1. The largest absolute Gasteiger partial charge is 0.497 e. The highest BCUT2D eigenvalue weighted by molar-refractivity contribution is 6.44. The molecule has 0 aliphatic carbocycles. The van der Waals surface area contributed by atoms with Crippen LogP contribution < -0.4 is 10.1 Å². The van der Waals surface area contributed by atoms with Crippen LogP contribution in [0.5, 0.6) is 5.75 Å². The SMILES string of the molecule is COc1cccc(C(=O)CC(=O)C(=O)Nc2ccc([N+](=O)[O-])cc2C)c1. The number of ether oxygens (including phenoxy) is 1. The van der Waals surface area contributed by atoms with Crippen molar-refractivity contribution >= 4 is 28.8 Å². The average Bonchev–Trinajstić information content (AvgIpc) is 2.63. The van der Waals surface area contributed by atoms with Gasteiger partial charge in [0.15, 0.2) is 5.78 Å². The Morgan fingerprint density at radius 2 is 1.88 bits per heavy atom. The Kier molecular flexibility index (Phi) is 5.79. The molecule has 1 amide bonds. The molecule has 0 heterocycles. The Hall–Kier alpha value is -3.55. The van der Waals surface area contributed by atoms with Gasteiger partial charge < -0.3 is 10.1 Å². The van der Waals surface area contributed by atoms with Gasteiger partial charge in [-0.15, -0.1) is 0 Å². The first kappa shape index (κ1) is 18.8. The number of nitro groups is 1. The molecule has 0 aliphatic heterocycles. The minimum absolute atomic E-state index is 0.125. The van der Waals surface area contributed by atoms with Crippen LogP contribution in [0.3, 0.4) is 0 Å². The number of non-ortho nitro benzene ring substituents is 1. The fourth-order valence-corrected chi connectivity index (χ4v) is 2.22. The van der Waals surface area contributed by atoms with Crippen LogP contribution in [0.15, 0.2) is 42.5 Å². The first-order valence-corrected chi connectivity index (χ1v) is 7.58. The van der Waals surface area contributed by atoms with Gasteiger partial charge >= 0.3 is 0 Å². The van der Waals surface area contributed by atoms with Gasteiger partial charge in [-0.1, -0.05) is 12.1 Å². The molecule has 2 aromatic rings. The first-order valence-electron chi connectivity index (χ1n) is 7.58. The van der Waals surface area contributed by atoms with Crippen molar-refractivity contribution in [3.8, 4) is 5.75 Å². The molecule has 0 spiro atoms. The lowest BCUT2D eigenvalue weighted by molar-refractivity contribution is -0.384. The predicted octanol–water partition coefficient (Wildman–Crippen LogP) is 2.69. The number of amides is 1. The van der Waals surface area contributed by atoms with Crippen LogP contribution in [0, 0.1) is 17.0 Å². The molecule has 0 saturated carbocycles. The third kappa shape index (κ3) is 4.50. The van der Waals surface area contributed by atoms with E-state index in [1.807, 2.05) is 0 Å². The lowest BCUT2D eigenvalue weighted by atomic mass is 10.1. The van der Waals surface area contributed by atoms with Gasteiger partial charge in [0.05, 0.1) is 18.5 Å². The highest BCUT2D eigenvalue weighted by atomic mass is 16.6. The topological polar surface area (TPSA) is 116 Å². The number of benzene rings is 2. The highest BCUT2D eigenvalue weighted by Gasteiger charge is 2.20. The Balaban J connectivity index is 2.04. The normalized spacial score (nSPS) is 10.1. The van der Waals surface area contributed by atoms with E-state index in [0.29, 0.717) is 11.3 Å². The highest BCUT2D eigenvalue weighted by Crippen LogP contribution is 2.21. The lowest BCUT2D eigenvalue weighted by Gasteiger charge is -2.08. The fourth-order valence-electron chi connectivity index (χ4n) is 2.22. The third-order valence-corrected chi connectivity index (χ3v) is 3.64. The number of methoxy groups -OCH3 is 1. The smallest absolute Gasteiger partial charge is 0.292 e. The number of rotatable bonds is 7. The number of hydrogen-bond acceptors (Lipinski definition) is 6. The summed E-state index contributed by atoms with van der Waals surface area (Å²) in [7, 11) is 1.45. The van der Waals surface area contributed by atoms with E-state index in [4.69, 9.17) is 4.74 Å². The molecule has 0 radical (unpaired) electrons. The summed E-state index contributed by atoms with van der Waals surface area (Å²) in [6.45, 7) is 1.56. The van der Waals surface area contributed by atoms with Gasteiger partial charge in [0.2, 0.25) is 5.78 Å². The molecule has 0 atom stereocenters. The minimum atomic E-state index is -0.960. The van der Waals surface area contributed by atoms with Crippen LogP contribution in [0.1, 0.15) is 22.3 Å². The summed E-state index contributed by atoms with van der Waals surface area (Å²) in [5, 5.41) is 13.1. The van der Waals surface area contributed by atoms with Gasteiger partial charge in [-0.3, -0.25) is 24.5 Å². The zero-order valence-corrected chi connectivity index (χ0v) is 14.1. The van der Waals surface area contributed by atoms with Gasteiger partial charge in [-0.2, -0.15) is 0 Å². The molecule has 2 rings (SSSR count). The van der Waals surface area contributed by atoms with Gasteiger partial charge in [-0.05, 0) is 30.7 Å². The van der Waals surface area contributed by atoms with E-state index in [-0.39, 0.29) is 16.9 Å². The van der Waals surface area contributed by atoms with Crippen LogP contribution in [0.2, 0.25) is 0 Å². The molecule has 134 valence electrons. The number of carbonyl (C=O) groups excluding carboxylic acids is 3. The summed E-state index contributed by atoms with van der Waals surface area (Å²) in [6, 6.07) is 10.1. The molecule has 0 aliphatic rings. The molecular formula is C18H16N2O6. The number of carbonyl (C=O) groups is 3. The standard InChI is InChI=1S/C18H16N2O6/c1-11-8-13(20(24)25)6-7-15(11)19-18(23)17(22)10-16(21)12-4-3-5-14(9-12)26-2/h3-9H,10H2,1-2H3,(H,19,23). The summed E-state index contributed by atoms with van der Waals surface area (Å²) in [5.41, 5.74) is 0.833. The molecule has 1 N–H and O–H groups in total. The maximum Gasteiger partial charge on any atom is 0.292 e. The monoisotopic (exact) mass is 356 g/mol. The molecule has 0 unspecified atom stereocenters. The molecular weight excluding hydrogens is 340 g/mol. The van der Waals surface area contributed by atoms with Crippen molar-refractivity contribution in [3.05, 3.63) is 63.7 Å². The van der Waals surface area contributed by atoms with E-state index in [1.165, 1.54) is 37.4 Å². The Bertz CT molecular complexity index is 891. The Labute approximate surface area is 148 Å². The van der Waals surface area contributed by atoms with Crippen LogP contribution in [0.4, 0.5) is 11.4 Å². The van der Waals surface area contributed by atoms with E-state index >= 15 is 0 Å². The third-order valence-electron chi connectivity index (χ3n) is 3.64. The van der Waals surface area contributed by atoms with Gasteiger partial charge in [0.1, 0.15) is 5.75 Å². The average molecular weight is 356 g/mol. The van der Waals surface area contributed by atoms with E-state index in [0.717, 1.165) is 0 Å². The maximum absolute atomic E-state index is 12.1. The lowest BCUT2D eigenvalue weighted by Crippen LogP contribution is -2.25. The quantitative estimate of drug-likeness (QED) is 0.268. The number of nitrogens with zero attached hydrogens (tertiary/aromatic N) is 1. The van der Waals surface area contributed by atoms with Gasteiger partial charge in [0, 0.05) is 23.4 Å². The van der Waals surface area contributed by atoms with E-state index < -0.39 is 28.8 Å². The number of ketones is 2. The summed E-state index contributed by atoms with van der Waals surface area (Å²) in [6.07, 6.45) is -0.592. The van der Waals surface area contributed by atoms with Crippen molar-refractivity contribution in [2.24, 2.45) is 0 Å². The molecule has 0 bridgehead atoms. The second kappa shape index (κ2) is 8.02.